The van der Waals surface area contributed by atoms with Gasteiger partial charge in [0.05, 0.1) is 22.9 Å². The van der Waals surface area contributed by atoms with E-state index in [9.17, 15) is 13.2 Å². The summed E-state index contributed by atoms with van der Waals surface area (Å²) in [5.74, 6) is -0.0888. The Bertz CT molecular complexity index is 429. The van der Waals surface area contributed by atoms with Crippen molar-refractivity contribution in [2.45, 2.75) is 50.4 Å². The molecule has 0 aromatic carbocycles. The Morgan fingerprint density at radius 2 is 1.83 bits per heavy atom. The summed E-state index contributed by atoms with van der Waals surface area (Å²) in [5, 5.41) is 2.35. The normalized spacial score (nSPS) is 34.1. The molecule has 2 aliphatic rings. The highest BCUT2D eigenvalue weighted by Crippen LogP contribution is 2.36. The average molecular weight is 294 g/mol. The summed E-state index contributed by atoms with van der Waals surface area (Å²) in [4.78, 5) is 12.3. The standard InChI is InChI=1S/C12H20ClNO3S/c1-12(5-3-2-4-6-12)11(15)14-10-8-18(16,17)7-9(10)13/h9-10H,2-8H2,1H3,(H,14,15). The summed E-state index contributed by atoms with van der Waals surface area (Å²) in [7, 11) is -3.09. The van der Waals surface area contributed by atoms with Crippen LogP contribution in [0.2, 0.25) is 0 Å². The first kappa shape index (κ1) is 14.1. The fraction of sp³-hybridized carbons (Fsp3) is 0.917. The lowest BCUT2D eigenvalue weighted by Gasteiger charge is -2.33. The van der Waals surface area contributed by atoms with Crippen LogP contribution in [0, 0.1) is 5.41 Å². The van der Waals surface area contributed by atoms with Gasteiger partial charge in [0.1, 0.15) is 0 Å². The molecule has 6 heteroatoms. The minimum absolute atomic E-state index is 0.0248. The molecule has 0 aromatic rings. The van der Waals surface area contributed by atoms with Crippen LogP contribution in [-0.4, -0.2) is 37.2 Å². The first-order valence-corrected chi connectivity index (χ1v) is 8.74. The van der Waals surface area contributed by atoms with Gasteiger partial charge < -0.3 is 5.32 Å². The maximum Gasteiger partial charge on any atom is 0.226 e. The predicted octanol–water partition coefficient (Wildman–Crippen LogP) is 1.48. The van der Waals surface area contributed by atoms with Gasteiger partial charge in [0.15, 0.2) is 9.84 Å². The zero-order valence-corrected chi connectivity index (χ0v) is 12.2. The molecule has 0 bridgehead atoms. The molecule has 1 aliphatic heterocycles. The largest absolute Gasteiger partial charge is 0.350 e. The highest BCUT2D eigenvalue weighted by atomic mass is 35.5. The molecular formula is C12H20ClNO3S. The van der Waals surface area contributed by atoms with Gasteiger partial charge in [0, 0.05) is 5.41 Å². The van der Waals surface area contributed by atoms with E-state index in [-0.39, 0.29) is 22.8 Å². The van der Waals surface area contributed by atoms with E-state index < -0.39 is 21.3 Å². The average Bonchev–Trinajstić information content (AvgIpc) is 2.53. The highest BCUT2D eigenvalue weighted by molar-refractivity contribution is 7.91. The van der Waals surface area contributed by atoms with E-state index in [0.717, 1.165) is 25.7 Å². The highest BCUT2D eigenvalue weighted by Gasteiger charge is 2.41. The molecule has 2 unspecified atom stereocenters. The summed E-state index contributed by atoms with van der Waals surface area (Å²) in [6.07, 6.45) is 5.07. The molecule has 2 rings (SSSR count). The van der Waals surface area contributed by atoms with Crippen LogP contribution in [0.1, 0.15) is 39.0 Å². The van der Waals surface area contributed by atoms with E-state index in [4.69, 9.17) is 11.6 Å². The summed E-state index contributed by atoms with van der Waals surface area (Å²) >= 11 is 6.00. The van der Waals surface area contributed by atoms with Gasteiger partial charge in [-0.3, -0.25) is 4.79 Å². The number of rotatable bonds is 2. The lowest BCUT2D eigenvalue weighted by atomic mass is 9.75. The molecule has 18 heavy (non-hydrogen) atoms. The Balaban J connectivity index is 1.99. The smallest absolute Gasteiger partial charge is 0.226 e. The summed E-state index contributed by atoms with van der Waals surface area (Å²) in [6, 6.07) is -0.428. The van der Waals surface area contributed by atoms with Crippen molar-refractivity contribution >= 4 is 27.3 Å². The third-order valence-corrected chi connectivity index (χ3v) is 6.48. The molecule has 0 spiro atoms. The number of alkyl halides is 1. The summed E-state index contributed by atoms with van der Waals surface area (Å²) in [6.45, 7) is 1.97. The van der Waals surface area contributed by atoms with Crippen molar-refractivity contribution in [2.75, 3.05) is 11.5 Å². The molecule has 0 aromatic heterocycles. The van der Waals surface area contributed by atoms with Crippen molar-refractivity contribution in [3.05, 3.63) is 0 Å². The molecule has 1 aliphatic carbocycles. The molecular weight excluding hydrogens is 274 g/mol. The Morgan fingerprint density at radius 3 is 2.33 bits per heavy atom. The number of carbonyl (C=O) groups is 1. The number of hydrogen-bond donors (Lipinski definition) is 1. The monoisotopic (exact) mass is 293 g/mol. The van der Waals surface area contributed by atoms with Crippen molar-refractivity contribution in [3.63, 3.8) is 0 Å². The quantitative estimate of drug-likeness (QED) is 0.784. The molecule has 1 N–H and O–H groups in total. The molecule has 2 atom stereocenters. The van der Waals surface area contributed by atoms with Crippen LogP contribution in [0.5, 0.6) is 0 Å². The Morgan fingerprint density at radius 1 is 1.22 bits per heavy atom. The maximum atomic E-state index is 12.3. The zero-order valence-electron chi connectivity index (χ0n) is 10.6. The van der Waals surface area contributed by atoms with Gasteiger partial charge in [-0.1, -0.05) is 26.2 Å². The number of hydrogen-bond acceptors (Lipinski definition) is 3. The van der Waals surface area contributed by atoms with E-state index in [2.05, 4.69) is 5.32 Å². The number of nitrogens with one attached hydrogen (secondary N) is 1. The topological polar surface area (TPSA) is 63.2 Å². The second-order valence-electron chi connectivity index (χ2n) is 5.79. The minimum Gasteiger partial charge on any atom is -0.350 e. The Labute approximate surface area is 113 Å². The fourth-order valence-corrected chi connectivity index (χ4v) is 5.39. The van der Waals surface area contributed by atoms with Crippen molar-refractivity contribution < 1.29 is 13.2 Å². The van der Waals surface area contributed by atoms with E-state index in [1.54, 1.807) is 0 Å². The molecule has 4 nitrogen and oxygen atoms in total. The molecule has 104 valence electrons. The summed E-state index contributed by atoms with van der Waals surface area (Å²) < 4.78 is 22.9. The van der Waals surface area contributed by atoms with Gasteiger partial charge in [0.2, 0.25) is 5.91 Å². The molecule has 0 radical (unpaired) electrons. The van der Waals surface area contributed by atoms with Crippen LogP contribution in [0.4, 0.5) is 0 Å². The van der Waals surface area contributed by atoms with Crippen LogP contribution in [-0.2, 0) is 14.6 Å². The lowest BCUT2D eigenvalue weighted by Crippen LogP contribution is -2.48. The van der Waals surface area contributed by atoms with Crippen molar-refractivity contribution in [2.24, 2.45) is 5.41 Å². The van der Waals surface area contributed by atoms with Gasteiger partial charge in [-0.2, -0.15) is 0 Å². The van der Waals surface area contributed by atoms with Crippen molar-refractivity contribution in [1.29, 1.82) is 0 Å². The van der Waals surface area contributed by atoms with E-state index in [1.807, 2.05) is 6.92 Å². The first-order chi connectivity index (χ1) is 8.32. The first-order valence-electron chi connectivity index (χ1n) is 6.48. The second-order valence-corrected chi connectivity index (χ2v) is 8.51. The predicted molar refractivity (Wildman–Crippen MR) is 71.4 cm³/mol. The number of halogens is 1. The van der Waals surface area contributed by atoms with Gasteiger partial charge in [0.25, 0.3) is 0 Å². The zero-order chi connectivity index (χ0) is 13.4. The fourth-order valence-electron chi connectivity index (χ4n) is 2.84. The third-order valence-electron chi connectivity index (χ3n) is 4.11. The summed E-state index contributed by atoms with van der Waals surface area (Å²) in [5.41, 5.74) is -0.346. The van der Waals surface area contributed by atoms with Gasteiger partial charge in [-0.05, 0) is 12.8 Å². The lowest BCUT2D eigenvalue weighted by molar-refractivity contribution is -0.132. The van der Waals surface area contributed by atoms with Crippen LogP contribution in [0.3, 0.4) is 0 Å². The van der Waals surface area contributed by atoms with Gasteiger partial charge in [-0.15, -0.1) is 11.6 Å². The number of amides is 1. The van der Waals surface area contributed by atoms with E-state index in [0.29, 0.717) is 0 Å². The van der Waals surface area contributed by atoms with Crippen molar-refractivity contribution in [3.8, 4) is 0 Å². The van der Waals surface area contributed by atoms with Crippen molar-refractivity contribution in [1.82, 2.24) is 5.32 Å². The third kappa shape index (κ3) is 2.99. The Hall–Kier alpha value is -0.290. The molecule has 1 saturated heterocycles. The van der Waals surface area contributed by atoms with E-state index >= 15 is 0 Å². The molecule has 1 heterocycles. The molecule has 1 saturated carbocycles. The Kier molecular flexibility index (Phi) is 3.93. The maximum absolute atomic E-state index is 12.3. The molecule has 2 fully saturated rings. The SMILES string of the molecule is CC1(C(=O)NC2CS(=O)(=O)CC2Cl)CCCCC1. The van der Waals surface area contributed by atoms with Crippen LogP contribution in [0.25, 0.3) is 0 Å². The van der Waals surface area contributed by atoms with Crippen LogP contribution >= 0.6 is 11.6 Å². The van der Waals surface area contributed by atoms with Crippen LogP contribution < -0.4 is 5.32 Å². The van der Waals surface area contributed by atoms with E-state index in [1.165, 1.54) is 6.42 Å². The van der Waals surface area contributed by atoms with Gasteiger partial charge in [-0.25, -0.2) is 8.42 Å². The van der Waals surface area contributed by atoms with Crippen LogP contribution in [0.15, 0.2) is 0 Å². The number of sulfone groups is 1. The minimum atomic E-state index is -3.09. The molecule has 1 amide bonds. The number of carbonyl (C=O) groups excluding carboxylic acids is 1. The van der Waals surface area contributed by atoms with Gasteiger partial charge >= 0.3 is 0 Å². The second kappa shape index (κ2) is 5.00.